The van der Waals surface area contributed by atoms with Crippen LogP contribution in [0.2, 0.25) is 0 Å². The van der Waals surface area contributed by atoms with E-state index in [1.54, 1.807) is 24.3 Å². The standard InChI is InChI=1S/C14H10BrNO5/c15-12-8(5-6-20-12)13(17)16-7-11(14(18)19)21-10-4-2-1-3-9(10)16/h1-6,11H,7H2,(H,18,19). The van der Waals surface area contributed by atoms with Crippen LogP contribution in [0.4, 0.5) is 5.69 Å². The van der Waals surface area contributed by atoms with Gasteiger partial charge in [0.1, 0.15) is 5.75 Å². The maximum Gasteiger partial charge on any atom is 0.346 e. The van der Waals surface area contributed by atoms with Crippen molar-refractivity contribution in [2.24, 2.45) is 0 Å². The fourth-order valence-corrected chi connectivity index (χ4v) is 2.56. The minimum Gasteiger partial charge on any atom is -0.478 e. The fourth-order valence-electron chi connectivity index (χ4n) is 2.15. The molecule has 1 aliphatic rings. The van der Waals surface area contributed by atoms with Crippen LogP contribution in [-0.2, 0) is 4.79 Å². The first-order chi connectivity index (χ1) is 10.1. The summed E-state index contributed by atoms with van der Waals surface area (Å²) in [5, 5.41) is 9.16. The molecule has 0 spiro atoms. The summed E-state index contributed by atoms with van der Waals surface area (Å²) < 4.78 is 10.8. The van der Waals surface area contributed by atoms with Gasteiger partial charge < -0.3 is 19.2 Å². The van der Waals surface area contributed by atoms with Crippen LogP contribution >= 0.6 is 15.9 Å². The first-order valence-electron chi connectivity index (χ1n) is 6.11. The average Bonchev–Trinajstić information content (AvgIpc) is 2.91. The number of benzene rings is 1. The molecule has 1 aromatic heterocycles. The molecule has 3 rings (SSSR count). The zero-order valence-electron chi connectivity index (χ0n) is 10.7. The molecule has 7 heteroatoms. The van der Waals surface area contributed by atoms with Gasteiger partial charge in [-0.3, -0.25) is 4.79 Å². The summed E-state index contributed by atoms with van der Waals surface area (Å²) in [6.45, 7) is -0.0667. The van der Waals surface area contributed by atoms with Gasteiger partial charge >= 0.3 is 5.97 Å². The average molecular weight is 352 g/mol. The van der Waals surface area contributed by atoms with Crippen LogP contribution in [-0.4, -0.2) is 29.6 Å². The maximum absolute atomic E-state index is 12.6. The monoisotopic (exact) mass is 351 g/mol. The second-order valence-electron chi connectivity index (χ2n) is 4.44. The molecule has 0 fully saturated rings. The third-order valence-electron chi connectivity index (χ3n) is 3.14. The number of furan rings is 1. The lowest BCUT2D eigenvalue weighted by atomic mass is 10.1. The first kappa shape index (κ1) is 13.7. The Morgan fingerprint density at radius 2 is 2.05 bits per heavy atom. The van der Waals surface area contributed by atoms with Crippen LogP contribution in [0, 0.1) is 0 Å². The Morgan fingerprint density at radius 3 is 2.71 bits per heavy atom. The molecular formula is C14H10BrNO5. The molecule has 0 saturated heterocycles. The van der Waals surface area contributed by atoms with E-state index in [2.05, 4.69) is 15.9 Å². The molecule has 2 heterocycles. The molecule has 0 bridgehead atoms. The molecule has 1 amide bonds. The molecule has 0 radical (unpaired) electrons. The van der Waals surface area contributed by atoms with E-state index in [0.29, 0.717) is 21.7 Å². The van der Waals surface area contributed by atoms with E-state index >= 15 is 0 Å². The van der Waals surface area contributed by atoms with Crippen molar-refractivity contribution in [3.8, 4) is 5.75 Å². The number of amides is 1. The van der Waals surface area contributed by atoms with Gasteiger partial charge in [0, 0.05) is 0 Å². The van der Waals surface area contributed by atoms with Gasteiger partial charge in [-0.25, -0.2) is 4.79 Å². The molecule has 2 aromatic rings. The number of anilines is 1. The van der Waals surface area contributed by atoms with Crippen molar-refractivity contribution in [1.82, 2.24) is 0 Å². The first-order valence-corrected chi connectivity index (χ1v) is 6.90. The number of ether oxygens (including phenoxy) is 1. The van der Waals surface area contributed by atoms with E-state index in [1.807, 2.05) is 0 Å². The molecule has 108 valence electrons. The summed E-state index contributed by atoms with van der Waals surface area (Å²) in [5.41, 5.74) is 0.865. The number of hydrogen-bond acceptors (Lipinski definition) is 4. The van der Waals surface area contributed by atoms with Crippen molar-refractivity contribution in [1.29, 1.82) is 0 Å². The number of fused-ring (bicyclic) bond motifs is 1. The van der Waals surface area contributed by atoms with Gasteiger partial charge in [-0.05, 0) is 34.1 Å². The molecule has 1 atom stereocenters. The van der Waals surface area contributed by atoms with Gasteiger partial charge in [0.05, 0.1) is 24.1 Å². The number of hydrogen-bond donors (Lipinski definition) is 1. The molecule has 0 aliphatic carbocycles. The number of carbonyl (C=O) groups is 2. The van der Waals surface area contributed by atoms with Gasteiger partial charge in [0.25, 0.3) is 5.91 Å². The van der Waals surface area contributed by atoms with Crippen LogP contribution in [0.1, 0.15) is 10.4 Å². The zero-order valence-corrected chi connectivity index (χ0v) is 12.2. The van der Waals surface area contributed by atoms with E-state index in [1.165, 1.54) is 17.2 Å². The van der Waals surface area contributed by atoms with Gasteiger partial charge in [-0.15, -0.1) is 0 Å². The number of carboxylic acids is 1. The Balaban J connectivity index is 2.02. The van der Waals surface area contributed by atoms with E-state index in [0.717, 1.165) is 0 Å². The van der Waals surface area contributed by atoms with Crippen molar-refractivity contribution >= 4 is 33.5 Å². The Morgan fingerprint density at radius 1 is 1.29 bits per heavy atom. The molecular weight excluding hydrogens is 342 g/mol. The second-order valence-corrected chi connectivity index (χ2v) is 5.16. The van der Waals surface area contributed by atoms with Crippen molar-refractivity contribution in [3.05, 3.63) is 46.8 Å². The predicted octanol–water partition coefficient (Wildman–Crippen LogP) is 2.53. The van der Waals surface area contributed by atoms with Crippen LogP contribution < -0.4 is 9.64 Å². The molecule has 0 saturated carbocycles. The Hall–Kier alpha value is -2.28. The lowest BCUT2D eigenvalue weighted by molar-refractivity contribution is -0.144. The summed E-state index contributed by atoms with van der Waals surface area (Å²) >= 11 is 3.16. The number of carbonyl (C=O) groups excluding carboxylic acids is 1. The summed E-state index contributed by atoms with van der Waals surface area (Å²) in [7, 11) is 0. The van der Waals surface area contributed by atoms with Crippen molar-refractivity contribution in [2.45, 2.75) is 6.10 Å². The number of nitrogens with zero attached hydrogens (tertiary/aromatic N) is 1. The summed E-state index contributed by atoms with van der Waals surface area (Å²) in [4.78, 5) is 25.2. The number of halogens is 1. The van der Waals surface area contributed by atoms with Crippen LogP contribution in [0.25, 0.3) is 0 Å². The Labute approximate surface area is 128 Å². The lowest BCUT2D eigenvalue weighted by Gasteiger charge is -2.32. The third-order valence-corrected chi connectivity index (χ3v) is 3.76. The predicted molar refractivity (Wildman–Crippen MR) is 76.6 cm³/mol. The van der Waals surface area contributed by atoms with Gasteiger partial charge in [-0.2, -0.15) is 0 Å². The van der Waals surface area contributed by atoms with E-state index in [4.69, 9.17) is 14.3 Å². The molecule has 21 heavy (non-hydrogen) atoms. The van der Waals surface area contributed by atoms with Crippen LogP contribution in [0.3, 0.4) is 0 Å². The Kier molecular flexibility index (Phi) is 3.42. The SMILES string of the molecule is O=C(O)C1CN(C(=O)c2ccoc2Br)c2ccccc2O1. The van der Waals surface area contributed by atoms with Crippen molar-refractivity contribution < 1.29 is 23.8 Å². The molecule has 6 nitrogen and oxygen atoms in total. The summed E-state index contributed by atoms with van der Waals surface area (Å²) in [5.74, 6) is -1.10. The molecule has 1 unspecified atom stereocenters. The van der Waals surface area contributed by atoms with E-state index < -0.39 is 12.1 Å². The van der Waals surface area contributed by atoms with Crippen molar-refractivity contribution in [2.75, 3.05) is 11.4 Å². The highest BCUT2D eigenvalue weighted by Gasteiger charge is 2.34. The largest absolute Gasteiger partial charge is 0.478 e. The van der Waals surface area contributed by atoms with Crippen LogP contribution in [0.15, 0.2) is 45.7 Å². The highest BCUT2D eigenvalue weighted by Crippen LogP contribution is 2.35. The summed E-state index contributed by atoms with van der Waals surface area (Å²) in [6.07, 6.45) is 0.285. The van der Waals surface area contributed by atoms with Gasteiger partial charge in [0.2, 0.25) is 6.10 Å². The fraction of sp³-hybridized carbons (Fsp3) is 0.143. The third kappa shape index (κ3) is 2.40. The van der Waals surface area contributed by atoms with Gasteiger partial charge in [0.15, 0.2) is 4.67 Å². The van der Waals surface area contributed by atoms with Crippen LogP contribution in [0.5, 0.6) is 5.75 Å². The highest BCUT2D eigenvalue weighted by atomic mass is 79.9. The molecule has 1 aromatic carbocycles. The Bertz CT molecular complexity index is 711. The maximum atomic E-state index is 12.6. The van der Waals surface area contributed by atoms with E-state index in [9.17, 15) is 9.59 Å². The minimum absolute atomic E-state index is 0.0667. The molecule has 1 N–H and O–H groups in total. The molecule has 1 aliphatic heterocycles. The highest BCUT2D eigenvalue weighted by molar-refractivity contribution is 9.10. The second kappa shape index (κ2) is 5.25. The normalized spacial score (nSPS) is 17.0. The zero-order chi connectivity index (χ0) is 15.0. The lowest BCUT2D eigenvalue weighted by Crippen LogP contribution is -2.47. The number of rotatable bonds is 2. The van der Waals surface area contributed by atoms with E-state index in [-0.39, 0.29) is 12.5 Å². The smallest absolute Gasteiger partial charge is 0.346 e. The number of aliphatic carboxylic acids is 1. The number of para-hydroxylation sites is 2. The number of carboxylic acid groups (broad SMARTS) is 1. The topological polar surface area (TPSA) is 80.0 Å². The summed E-state index contributed by atoms with van der Waals surface area (Å²) in [6, 6.07) is 8.35. The quantitative estimate of drug-likeness (QED) is 0.899. The van der Waals surface area contributed by atoms with Gasteiger partial charge in [-0.1, -0.05) is 12.1 Å². The minimum atomic E-state index is -1.12. The van der Waals surface area contributed by atoms with Crippen molar-refractivity contribution in [3.63, 3.8) is 0 Å².